The van der Waals surface area contributed by atoms with Crippen LogP contribution < -0.4 is 10.6 Å². The van der Waals surface area contributed by atoms with Gasteiger partial charge in [-0.25, -0.2) is 12.4 Å². The van der Waals surface area contributed by atoms with Gasteiger partial charge in [0.1, 0.15) is 0 Å². The number of unbranched alkanes of at least 4 members (excludes halogenated alkanes) is 1. The largest absolute Gasteiger partial charge is 0.352 e. The van der Waals surface area contributed by atoms with Gasteiger partial charge in [-0.3, -0.25) is 9.59 Å². The molecule has 1 aromatic heterocycles. The Bertz CT molecular complexity index is 1730. The minimum absolute atomic E-state index is 0.132. The van der Waals surface area contributed by atoms with Crippen molar-refractivity contribution in [3.05, 3.63) is 114 Å². The fourth-order valence-electron chi connectivity index (χ4n) is 4.42. The maximum atomic E-state index is 13.2. The number of benzene rings is 4. The first-order valence-electron chi connectivity index (χ1n) is 12.4. The van der Waals surface area contributed by atoms with Gasteiger partial charge < -0.3 is 10.6 Å². The maximum Gasteiger partial charge on any atom is 0.268 e. The van der Waals surface area contributed by atoms with Gasteiger partial charge in [0, 0.05) is 30.2 Å². The number of hydrogen-bond acceptors (Lipinski definition) is 4. The molecule has 0 saturated carbocycles. The van der Waals surface area contributed by atoms with Gasteiger partial charge in [0.2, 0.25) is 0 Å². The van der Waals surface area contributed by atoms with Crippen molar-refractivity contribution in [1.82, 2.24) is 14.6 Å². The topological polar surface area (TPSA) is 97.3 Å². The third-order valence-corrected chi connectivity index (χ3v) is 8.10. The van der Waals surface area contributed by atoms with Crippen LogP contribution in [0.15, 0.2) is 108 Å². The molecule has 0 spiro atoms. The van der Waals surface area contributed by atoms with Crippen LogP contribution in [0.3, 0.4) is 0 Å². The number of nitrogens with zero attached hydrogens (tertiary/aromatic N) is 1. The van der Waals surface area contributed by atoms with Crippen LogP contribution in [-0.4, -0.2) is 37.3 Å². The quantitative estimate of drug-likeness (QED) is 0.266. The molecule has 38 heavy (non-hydrogen) atoms. The Morgan fingerprint density at radius 2 is 1.32 bits per heavy atom. The molecule has 0 fully saturated rings. The van der Waals surface area contributed by atoms with Gasteiger partial charge in [-0.05, 0) is 53.9 Å². The molecule has 5 aromatic rings. The zero-order valence-corrected chi connectivity index (χ0v) is 21.4. The third-order valence-electron chi connectivity index (χ3n) is 6.41. The Morgan fingerprint density at radius 3 is 2.08 bits per heavy atom. The Hall–Kier alpha value is -4.43. The van der Waals surface area contributed by atoms with Crippen LogP contribution in [0.1, 0.15) is 33.6 Å². The van der Waals surface area contributed by atoms with Gasteiger partial charge in [-0.15, -0.1) is 0 Å². The molecular weight excluding hydrogens is 498 g/mol. The zero-order valence-electron chi connectivity index (χ0n) is 20.6. The third kappa shape index (κ3) is 5.17. The lowest BCUT2D eigenvalue weighted by atomic mass is 10.1. The highest BCUT2D eigenvalue weighted by atomic mass is 32.2. The van der Waals surface area contributed by atoms with E-state index in [-0.39, 0.29) is 16.7 Å². The second-order valence-corrected chi connectivity index (χ2v) is 10.8. The van der Waals surface area contributed by atoms with Gasteiger partial charge >= 0.3 is 0 Å². The summed E-state index contributed by atoms with van der Waals surface area (Å²) in [7, 11) is -3.86. The number of amides is 2. The number of carbonyl (C=O) groups excluding carboxylic acids is 2. The van der Waals surface area contributed by atoms with E-state index in [2.05, 4.69) is 10.6 Å². The van der Waals surface area contributed by atoms with E-state index in [1.165, 1.54) is 18.3 Å². The van der Waals surface area contributed by atoms with E-state index in [0.717, 1.165) is 14.7 Å². The van der Waals surface area contributed by atoms with Crippen molar-refractivity contribution in [3.8, 4) is 0 Å². The second kappa shape index (κ2) is 10.9. The van der Waals surface area contributed by atoms with Crippen LogP contribution in [0.2, 0.25) is 0 Å². The van der Waals surface area contributed by atoms with E-state index in [4.69, 9.17) is 0 Å². The smallest absolute Gasteiger partial charge is 0.268 e. The van der Waals surface area contributed by atoms with Crippen molar-refractivity contribution in [2.45, 2.75) is 17.7 Å². The predicted octanol–water partition coefficient (Wildman–Crippen LogP) is 4.97. The molecule has 0 unspecified atom stereocenters. The lowest BCUT2D eigenvalue weighted by Gasteiger charge is -2.07. The molecule has 2 N–H and O–H groups in total. The van der Waals surface area contributed by atoms with E-state index in [0.29, 0.717) is 48.0 Å². The highest BCUT2D eigenvalue weighted by Gasteiger charge is 2.23. The highest BCUT2D eigenvalue weighted by Crippen LogP contribution is 2.26. The van der Waals surface area contributed by atoms with Crippen molar-refractivity contribution in [3.63, 3.8) is 0 Å². The van der Waals surface area contributed by atoms with Crippen LogP contribution in [0, 0.1) is 0 Å². The van der Waals surface area contributed by atoms with Crippen molar-refractivity contribution >= 4 is 43.5 Å². The molecule has 0 bridgehead atoms. The van der Waals surface area contributed by atoms with E-state index in [9.17, 15) is 18.0 Å². The summed E-state index contributed by atoms with van der Waals surface area (Å²) in [6.07, 6.45) is 2.72. The predicted molar refractivity (Wildman–Crippen MR) is 149 cm³/mol. The number of aromatic nitrogens is 1. The number of nitrogens with one attached hydrogen (secondary N) is 2. The monoisotopic (exact) mass is 525 g/mol. The van der Waals surface area contributed by atoms with Gasteiger partial charge in [-0.1, -0.05) is 66.7 Å². The first-order chi connectivity index (χ1) is 18.4. The van der Waals surface area contributed by atoms with E-state index in [1.54, 1.807) is 42.5 Å². The van der Waals surface area contributed by atoms with Gasteiger partial charge in [0.25, 0.3) is 21.8 Å². The van der Waals surface area contributed by atoms with E-state index in [1.807, 2.05) is 42.5 Å². The molecule has 0 aliphatic carbocycles. The van der Waals surface area contributed by atoms with Crippen molar-refractivity contribution in [2.75, 3.05) is 13.1 Å². The Morgan fingerprint density at radius 1 is 0.684 bits per heavy atom. The minimum atomic E-state index is -3.86. The van der Waals surface area contributed by atoms with Gasteiger partial charge in [0.15, 0.2) is 0 Å². The average Bonchev–Trinajstić information content (AvgIpc) is 3.35. The summed E-state index contributed by atoms with van der Waals surface area (Å²) in [5.41, 5.74) is 1.35. The van der Waals surface area contributed by atoms with Gasteiger partial charge in [0.05, 0.1) is 16.0 Å². The SMILES string of the molecule is O=C(NCCCCNC(=O)c1cn(S(=O)(=O)c2ccccc2)c2ccccc12)c1ccc2ccccc2c1. The molecule has 7 nitrogen and oxygen atoms in total. The lowest BCUT2D eigenvalue weighted by molar-refractivity contribution is 0.0940. The second-order valence-electron chi connectivity index (χ2n) is 8.95. The normalized spacial score (nSPS) is 11.5. The molecule has 192 valence electrons. The summed E-state index contributed by atoms with van der Waals surface area (Å²) in [5.74, 6) is -0.476. The zero-order chi connectivity index (χ0) is 26.5. The molecule has 0 saturated heterocycles. The Labute approximate surface area is 221 Å². The van der Waals surface area contributed by atoms with Crippen LogP contribution in [0.4, 0.5) is 0 Å². The fourth-order valence-corrected chi connectivity index (χ4v) is 5.81. The van der Waals surface area contributed by atoms with E-state index < -0.39 is 10.0 Å². The van der Waals surface area contributed by atoms with Crippen LogP contribution in [-0.2, 0) is 10.0 Å². The number of fused-ring (bicyclic) bond motifs is 2. The van der Waals surface area contributed by atoms with Crippen molar-refractivity contribution < 1.29 is 18.0 Å². The summed E-state index contributed by atoms with van der Waals surface area (Å²) in [4.78, 5) is 25.6. The summed E-state index contributed by atoms with van der Waals surface area (Å²) in [6.45, 7) is 0.881. The summed E-state index contributed by atoms with van der Waals surface area (Å²) in [5, 5.41) is 8.46. The van der Waals surface area contributed by atoms with Crippen LogP contribution in [0.5, 0.6) is 0 Å². The Balaban J connectivity index is 1.17. The van der Waals surface area contributed by atoms with Crippen LogP contribution in [0.25, 0.3) is 21.7 Å². The molecule has 8 heteroatoms. The minimum Gasteiger partial charge on any atom is -0.352 e. The molecule has 0 aliphatic rings. The Kier molecular flexibility index (Phi) is 7.24. The standard InChI is InChI=1S/C30H27N3O4S/c34-29(24-17-16-22-10-4-5-11-23(22)20-24)31-18-8-9-19-32-30(35)27-21-33(28-15-7-6-14-26(27)28)38(36,37)25-12-2-1-3-13-25/h1-7,10-17,20-21H,8-9,18-19H2,(H,31,34)(H,32,35). The molecule has 0 aliphatic heterocycles. The summed E-state index contributed by atoms with van der Waals surface area (Å²) < 4.78 is 27.6. The number of hydrogen-bond donors (Lipinski definition) is 2. The molecule has 4 aromatic carbocycles. The van der Waals surface area contributed by atoms with Crippen molar-refractivity contribution in [1.29, 1.82) is 0 Å². The molecule has 5 rings (SSSR count). The summed E-state index contributed by atoms with van der Waals surface area (Å²) >= 11 is 0. The molecular formula is C30H27N3O4S. The first kappa shape index (κ1) is 25.2. The fraction of sp³-hybridized carbons (Fsp3) is 0.133. The molecule has 0 atom stereocenters. The first-order valence-corrected chi connectivity index (χ1v) is 13.8. The van der Waals surface area contributed by atoms with Crippen LogP contribution >= 0.6 is 0 Å². The average molecular weight is 526 g/mol. The van der Waals surface area contributed by atoms with Crippen molar-refractivity contribution in [2.24, 2.45) is 0 Å². The lowest BCUT2D eigenvalue weighted by Crippen LogP contribution is -2.27. The summed E-state index contributed by atoms with van der Waals surface area (Å²) in [6, 6.07) is 28.6. The number of carbonyl (C=O) groups is 2. The molecule has 2 amide bonds. The van der Waals surface area contributed by atoms with E-state index >= 15 is 0 Å². The molecule has 0 radical (unpaired) electrons. The highest BCUT2D eigenvalue weighted by molar-refractivity contribution is 7.90. The number of rotatable bonds is 9. The van der Waals surface area contributed by atoms with Gasteiger partial charge in [-0.2, -0.15) is 0 Å². The maximum absolute atomic E-state index is 13.2. The molecule has 1 heterocycles. The number of para-hydroxylation sites is 1.